The zero-order valence-electron chi connectivity index (χ0n) is 11.8. The van der Waals surface area contributed by atoms with Gasteiger partial charge in [0.2, 0.25) is 0 Å². The fourth-order valence-electron chi connectivity index (χ4n) is 2.71. The summed E-state index contributed by atoms with van der Waals surface area (Å²) >= 11 is 0. The van der Waals surface area contributed by atoms with E-state index in [1.807, 2.05) is 12.1 Å². The van der Waals surface area contributed by atoms with E-state index in [4.69, 9.17) is 0 Å². The maximum absolute atomic E-state index is 12.8. The molecule has 106 valence electrons. The summed E-state index contributed by atoms with van der Waals surface area (Å²) in [5.74, 6) is -0.167. The Morgan fingerprint density at radius 2 is 2.05 bits per heavy atom. The van der Waals surface area contributed by atoms with Gasteiger partial charge in [-0.1, -0.05) is 25.0 Å². The minimum atomic E-state index is -0.167. The lowest BCUT2D eigenvalue weighted by Gasteiger charge is -2.21. The Hall–Kier alpha value is -0.930. The molecule has 2 N–H and O–H groups in total. The average molecular weight is 264 g/mol. The van der Waals surface area contributed by atoms with Crippen molar-refractivity contribution in [3.63, 3.8) is 0 Å². The van der Waals surface area contributed by atoms with Crippen molar-refractivity contribution in [3.05, 3.63) is 35.6 Å². The monoisotopic (exact) mass is 264 g/mol. The van der Waals surface area contributed by atoms with Gasteiger partial charge in [0, 0.05) is 18.6 Å². The highest BCUT2D eigenvalue weighted by atomic mass is 19.1. The van der Waals surface area contributed by atoms with Gasteiger partial charge in [0.25, 0.3) is 0 Å². The van der Waals surface area contributed by atoms with Crippen LogP contribution >= 0.6 is 0 Å². The van der Waals surface area contributed by atoms with E-state index in [0.717, 1.165) is 18.7 Å². The molecule has 0 bridgehead atoms. The van der Waals surface area contributed by atoms with Crippen molar-refractivity contribution in [2.75, 3.05) is 6.54 Å². The second kappa shape index (κ2) is 7.61. The predicted molar refractivity (Wildman–Crippen MR) is 77.6 cm³/mol. The van der Waals surface area contributed by atoms with Crippen LogP contribution in [-0.4, -0.2) is 18.6 Å². The summed E-state index contributed by atoms with van der Waals surface area (Å²) in [7, 11) is 0. The van der Waals surface area contributed by atoms with Gasteiger partial charge in [-0.2, -0.15) is 0 Å². The standard InChI is InChI=1S/C16H25FN2/c1-13(11-16-5-3-2-4-10-18-16)19-12-14-6-8-15(17)9-7-14/h6-9,13,16,18-19H,2-5,10-12H2,1H3. The van der Waals surface area contributed by atoms with Crippen LogP contribution in [0.5, 0.6) is 0 Å². The fourth-order valence-corrected chi connectivity index (χ4v) is 2.71. The largest absolute Gasteiger partial charge is 0.314 e. The minimum Gasteiger partial charge on any atom is -0.314 e. The summed E-state index contributed by atoms with van der Waals surface area (Å²) in [6, 6.07) is 7.87. The molecule has 1 fully saturated rings. The molecule has 0 amide bonds. The van der Waals surface area contributed by atoms with Crippen LogP contribution in [0.3, 0.4) is 0 Å². The Morgan fingerprint density at radius 1 is 1.26 bits per heavy atom. The van der Waals surface area contributed by atoms with Crippen LogP contribution in [0, 0.1) is 5.82 Å². The maximum atomic E-state index is 12.8. The molecule has 2 unspecified atom stereocenters. The van der Waals surface area contributed by atoms with Gasteiger partial charge in [-0.05, 0) is 50.4 Å². The van der Waals surface area contributed by atoms with Gasteiger partial charge < -0.3 is 10.6 Å². The molecule has 3 heteroatoms. The Bertz CT molecular complexity index is 356. The molecule has 1 saturated heterocycles. The van der Waals surface area contributed by atoms with Crippen LogP contribution in [0.25, 0.3) is 0 Å². The molecular formula is C16H25FN2. The van der Waals surface area contributed by atoms with Gasteiger partial charge in [-0.15, -0.1) is 0 Å². The van der Waals surface area contributed by atoms with Crippen molar-refractivity contribution >= 4 is 0 Å². The van der Waals surface area contributed by atoms with E-state index in [1.165, 1.54) is 44.2 Å². The Labute approximate surface area is 115 Å². The van der Waals surface area contributed by atoms with Crippen LogP contribution in [0.4, 0.5) is 4.39 Å². The first-order valence-electron chi connectivity index (χ1n) is 7.45. The Kier molecular flexibility index (Phi) is 5.80. The number of rotatable bonds is 5. The lowest BCUT2D eigenvalue weighted by atomic mass is 10.0. The highest BCUT2D eigenvalue weighted by Gasteiger charge is 2.14. The van der Waals surface area contributed by atoms with E-state index in [1.54, 1.807) is 0 Å². The van der Waals surface area contributed by atoms with E-state index >= 15 is 0 Å². The molecule has 1 aromatic carbocycles. The number of nitrogens with one attached hydrogen (secondary N) is 2. The van der Waals surface area contributed by atoms with E-state index in [9.17, 15) is 4.39 Å². The summed E-state index contributed by atoms with van der Waals surface area (Å²) in [6.45, 7) is 4.21. The maximum Gasteiger partial charge on any atom is 0.123 e. The van der Waals surface area contributed by atoms with Crippen LogP contribution < -0.4 is 10.6 Å². The molecule has 1 aliphatic rings. The molecule has 0 spiro atoms. The van der Waals surface area contributed by atoms with Gasteiger partial charge in [-0.25, -0.2) is 4.39 Å². The SMILES string of the molecule is CC(CC1CCCCCN1)NCc1ccc(F)cc1. The van der Waals surface area contributed by atoms with E-state index < -0.39 is 0 Å². The third kappa shape index (κ3) is 5.29. The lowest BCUT2D eigenvalue weighted by molar-refractivity contribution is 0.402. The molecule has 19 heavy (non-hydrogen) atoms. The van der Waals surface area contributed by atoms with Crippen LogP contribution in [0.15, 0.2) is 24.3 Å². The van der Waals surface area contributed by atoms with Crippen molar-refractivity contribution in [3.8, 4) is 0 Å². The minimum absolute atomic E-state index is 0.167. The summed E-state index contributed by atoms with van der Waals surface area (Å²) in [6.07, 6.45) is 6.49. The van der Waals surface area contributed by atoms with Gasteiger partial charge in [0.05, 0.1) is 0 Å². The van der Waals surface area contributed by atoms with Gasteiger partial charge >= 0.3 is 0 Å². The summed E-state index contributed by atoms with van der Waals surface area (Å²) in [5, 5.41) is 7.15. The molecular weight excluding hydrogens is 239 g/mol. The normalized spacial score (nSPS) is 21.9. The topological polar surface area (TPSA) is 24.1 Å². The molecule has 1 heterocycles. The molecule has 0 radical (unpaired) electrons. The molecule has 2 rings (SSSR count). The number of benzene rings is 1. The van der Waals surface area contributed by atoms with E-state index in [2.05, 4.69) is 17.6 Å². The zero-order valence-corrected chi connectivity index (χ0v) is 11.8. The smallest absolute Gasteiger partial charge is 0.123 e. The molecule has 0 aromatic heterocycles. The van der Waals surface area contributed by atoms with Gasteiger partial charge in [0.15, 0.2) is 0 Å². The van der Waals surface area contributed by atoms with Crippen molar-refractivity contribution in [2.45, 2.75) is 57.7 Å². The molecule has 1 aliphatic heterocycles. The molecule has 1 aromatic rings. The summed E-state index contributed by atoms with van der Waals surface area (Å²) < 4.78 is 12.8. The Morgan fingerprint density at radius 3 is 2.84 bits per heavy atom. The Balaban J connectivity index is 1.71. The first-order valence-corrected chi connectivity index (χ1v) is 7.45. The van der Waals surface area contributed by atoms with E-state index in [0.29, 0.717) is 12.1 Å². The number of halogens is 1. The molecule has 0 aliphatic carbocycles. The van der Waals surface area contributed by atoms with Gasteiger partial charge in [0.1, 0.15) is 5.82 Å². The highest BCUT2D eigenvalue weighted by Crippen LogP contribution is 2.13. The average Bonchev–Trinajstić information content (AvgIpc) is 2.67. The van der Waals surface area contributed by atoms with Crippen LogP contribution in [-0.2, 0) is 6.54 Å². The zero-order chi connectivity index (χ0) is 13.5. The van der Waals surface area contributed by atoms with Crippen molar-refractivity contribution < 1.29 is 4.39 Å². The van der Waals surface area contributed by atoms with Crippen molar-refractivity contribution in [2.24, 2.45) is 0 Å². The number of hydrogen-bond donors (Lipinski definition) is 2. The summed E-state index contributed by atoms with van der Waals surface area (Å²) in [4.78, 5) is 0. The van der Waals surface area contributed by atoms with Gasteiger partial charge in [-0.3, -0.25) is 0 Å². The van der Waals surface area contributed by atoms with Crippen LogP contribution in [0.2, 0.25) is 0 Å². The molecule has 2 atom stereocenters. The second-order valence-corrected chi connectivity index (χ2v) is 5.64. The summed E-state index contributed by atoms with van der Waals surface area (Å²) in [5.41, 5.74) is 1.14. The lowest BCUT2D eigenvalue weighted by Crippen LogP contribution is -2.36. The first-order chi connectivity index (χ1) is 9.24. The molecule has 2 nitrogen and oxygen atoms in total. The highest BCUT2D eigenvalue weighted by molar-refractivity contribution is 5.15. The predicted octanol–water partition coefficient (Wildman–Crippen LogP) is 3.23. The quantitative estimate of drug-likeness (QED) is 0.853. The third-order valence-electron chi connectivity index (χ3n) is 3.87. The van der Waals surface area contributed by atoms with E-state index in [-0.39, 0.29) is 5.82 Å². The molecule has 0 saturated carbocycles. The second-order valence-electron chi connectivity index (χ2n) is 5.64. The van der Waals surface area contributed by atoms with Crippen molar-refractivity contribution in [1.29, 1.82) is 0 Å². The fraction of sp³-hybridized carbons (Fsp3) is 0.625. The van der Waals surface area contributed by atoms with Crippen molar-refractivity contribution in [1.82, 2.24) is 10.6 Å². The third-order valence-corrected chi connectivity index (χ3v) is 3.87. The first kappa shape index (κ1) is 14.5. The number of hydrogen-bond acceptors (Lipinski definition) is 2. The van der Waals surface area contributed by atoms with Crippen LogP contribution in [0.1, 0.15) is 44.6 Å².